The van der Waals surface area contributed by atoms with Crippen molar-refractivity contribution < 1.29 is 14.7 Å². The number of carboxylic acids is 1. The van der Waals surface area contributed by atoms with Gasteiger partial charge in [0.05, 0.1) is 17.1 Å². The Kier molecular flexibility index (Phi) is 4.59. The van der Waals surface area contributed by atoms with E-state index in [1.807, 2.05) is 13.8 Å². The summed E-state index contributed by atoms with van der Waals surface area (Å²) in [6, 6.07) is -0.234. The van der Waals surface area contributed by atoms with Gasteiger partial charge in [0.2, 0.25) is 0 Å². The lowest BCUT2D eigenvalue weighted by Gasteiger charge is -2.34. The van der Waals surface area contributed by atoms with Crippen LogP contribution in [0.4, 0.5) is 9.80 Å². The number of aliphatic carboxylic acids is 1. The van der Waals surface area contributed by atoms with Crippen molar-refractivity contribution in [2.24, 2.45) is 11.8 Å². The van der Waals surface area contributed by atoms with Crippen molar-refractivity contribution in [1.82, 2.24) is 9.88 Å². The Hall–Kier alpha value is -1.63. The van der Waals surface area contributed by atoms with Crippen LogP contribution in [0.5, 0.6) is 0 Å². The van der Waals surface area contributed by atoms with Gasteiger partial charge in [-0.3, -0.25) is 10.1 Å². The van der Waals surface area contributed by atoms with Crippen molar-refractivity contribution in [2.45, 2.75) is 26.7 Å². The van der Waals surface area contributed by atoms with Crippen LogP contribution in [0.3, 0.4) is 0 Å². The summed E-state index contributed by atoms with van der Waals surface area (Å²) >= 11 is 1.39. The maximum absolute atomic E-state index is 12.2. The standard InChI is InChI=1S/C13H19N3O3S/c1-3-10-11(20-7-14-10)15-13(19)16-5-8(2)4-9(6-16)12(17)18/h7-9H,3-6H2,1-2H3,(H,15,19)(H,17,18). The van der Waals surface area contributed by atoms with Gasteiger partial charge < -0.3 is 10.0 Å². The Labute approximate surface area is 121 Å². The molecule has 2 heterocycles. The van der Waals surface area contributed by atoms with Crippen molar-refractivity contribution in [2.75, 3.05) is 18.4 Å². The fraction of sp³-hybridized carbons (Fsp3) is 0.615. The van der Waals surface area contributed by atoms with Gasteiger partial charge in [0.15, 0.2) is 0 Å². The summed E-state index contributed by atoms with van der Waals surface area (Å²) in [4.78, 5) is 29.1. The molecule has 1 aromatic rings. The highest BCUT2D eigenvalue weighted by Gasteiger charge is 2.32. The van der Waals surface area contributed by atoms with Gasteiger partial charge in [-0.15, -0.1) is 11.3 Å². The number of likely N-dealkylation sites (tertiary alicyclic amines) is 1. The van der Waals surface area contributed by atoms with E-state index < -0.39 is 11.9 Å². The quantitative estimate of drug-likeness (QED) is 0.896. The topological polar surface area (TPSA) is 82.5 Å². The third kappa shape index (κ3) is 3.27. The highest BCUT2D eigenvalue weighted by Crippen LogP contribution is 2.25. The molecule has 0 spiro atoms. The van der Waals surface area contributed by atoms with E-state index in [4.69, 9.17) is 5.11 Å². The SMILES string of the molecule is CCc1ncsc1NC(=O)N1CC(C)CC(C(=O)O)C1. The number of nitrogens with one attached hydrogen (secondary N) is 1. The fourth-order valence-corrected chi connectivity index (χ4v) is 3.26. The molecule has 1 aromatic heterocycles. The van der Waals surface area contributed by atoms with Gasteiger partial charge in [-0.1, -0.05) is 13.8 Å². The summed E-state index contributed by atoms with van der Waals surface area (Å²) < 4.78 is 0. The first-order valence-electron chi connectivity index (χ1n) is 6.72. The normalized spacial score (nSPS) is 22.6. The molecule has 110 valence electrons. The van der Waals surface area contributed by atoms with E-state index in [1.54, 1.807) is 10.4 Å². The number of rotatable bonds is 3. The number of aryl methyl sites for hydroxylation is 1. The Balaban J connectivity index is 2.03. The molecule has 2 atom stereocenters. The van der Waals surface area contributed by atoms with Crippen LogP contribution in [0.2, 0.25) is 0 Å². The van der Waals surface area contributed by atoms with E-state index in [-0.39, 0.29) is 18.5 Å². The summed E-state index contributed by atoms with van der Waals surface area (Å²) in [5.41, 5.74) is 2.57. The zero-order chi connectivity index (χ0) is 14.7. The van der Waals surface area contributed by atoms with E-state index >= 15 is 0 Å². The highest BCUT2D eigenvalue weighted by atomic mass is 32.1. The Morgan fingerprint density at radius 2 is 2.30 bits per heavy atom. The average Bonchev–Trinajstić information content (AvgIpc) is 2.85. The number of amides is 2. The zero-order valence-electron chi connectivity index (χ0n) is 11.6. The van der Waals surface area contributed by atoms with Crippen LogP contribution >= 0.6 is 11.3 Å². The smallest absolute Gasteiger partial charge is 0.322 e. The van der Waals surface area contributed by atoms with Crippen LogP contribution in [-0.2, 0) is 11.2 Å². The molecule has 6 nitrogen and oxygen atoms in total. The molecule has 7 heteroatoms. The second-order valence-corrected chi connectivity index (χ2v) is 6.05. The molecule has 1 saturated heterocycles. The molecule has 2 unspecified atom stereocenters. The van der Waals surface area contributed by atoms with Gasteiger partial charge in [0, 0.05) is 13.1 Å². The number of hydrogen-bond acceptors (Lipinski definition) is 4. The average molecular weight is 297 g/mol. The lowest BCUT2D eigenvalue weighted by atomic mass is 9.91. The van der Waals surface area contributed by atoms with Gasteiger partial charge in [-0.25, -0.2) is 9.78 Å². The second kappa shape index (κ2) is 6.21. The lowest BCUT2D eigenvalue weighted by Crippen LogP contribution is -2.47. The highest BCUT2D eigenvalue weighted by molar-refractivity contribution is 7.14. The number of carbonyl (C=O) groups excluding carboxylic acids is 1. The third-order valence-corrected chi connectivity index (χ3v) is 4.28. The minimum Gasteiger partial charge on any atom is -0.481 e. The van der Waals surface area contributed by atoms with E-state index in [0.29, 0.717) is 13.0 Å². The van der Waals surface area contributed by atoms with E-state index in [1.165, 1.54) is 11.3 Å². The molecular formula is C13H19N3O3S. The summed E-state index contributed by atoms with van der Waals surface area (Å²) in [6.45, 7) is 4.81. The van der Waals surface area contributed by atoms with Crippen molar-refractivity contribution in [3.05, 3.63) is 11.2 Å². The van der Waals surface area contributed by atoms with Crippen LogP contribution < -0.4 is 5.32 Å². The molecule has 1 aliphatic rings. The molecule has 0 saturated carbocycles. The zero-order valence-corrected chi connectivity index (χ0v) is 12.4. The largest absolute Gasteiger partial charge is 0.481 e. The number of piperidine rings is 1. The van der Waals surface area contributed by atoms with Crippen LogP contribution in [-0.4, -0.2) is 40.1 Å². The molecule has 2 amide bonds. The molecular weight excluding hydrogens is 278 g/mol. The Morgan fingerprint density at radius 1 is 1.55 bits per heavy atom. The van der Waals surface area contributed by atoms with Crippen molar-refractivity contribution >= 4 is 28.3 Å². The van der Waals surface area contributed by atoms with Gasteiger partial charge in [-0.05, 0) is 18.8 Å². The van der Waals surface area contributed by atoms with Gasteiger partial charge in [-0.2, -0.15) is 0 Å². The third-order valence-electron chi connectivity index (χ3n) is 3.49. The first-order valence-corrected chi connectivity index (χ1v) is 7.60. The number of thiazole rings is 1. The lowest BCUT2D eigenvalue weighted by molar-refractivity contribution is -0.143. The van der Waals surface area contributed by atoms with Crippen molar-refractivity contribution in [1.29, 1.82) is 0 Å². The monoisotopic (exact) mass is 297 g/mol. The number of nitrogens with zero attached hydrogens (tertiary/aromatic N) is 2. The molecule has 0 aliphatic carbocycles. The first kappa shape index (κ1) is 14.8. The number of hydrogen-bond donors (Lipinski definition) is 2. The number of urea groups is 1. The summed E-state index contributed by atoms with van der Waals surface area (Å²) in [6.07, 6.45) is 1.38. The van der Waals surface area contributed by atoms with E-state index in [9.17, 15) is 9.59 Å². The minimum absolute atomic E-state index is 0.197. The number of anilines is 1. The predicted molar refractivity (Wildman–Crippen MR) is 77.0 cm³/mol. The van der Waals surface area contributed by atoms with Crippen LogP contribution in [0, 0.1) is 11.8 Å². The molecule has 2 rings (SSSR count). The van der Waals surface area contributed by atoms with Crippen LogP contribution in [0.1, 0.15) is 26.0 Å². The summed E-state index contributed by atoms with van der Waals surface area (Å²) in [5.74, 6) is -1.11. The predicted octanol–water partition coefficient (Wildman–Crippen LogP) is 2.28. The van der Waals surface area contributed by atoms with E-state index in [2.05, 4.69) is 10.3 Å². The molecule has 20 heavy (non-hydrogen) atoms. The number of carbonyl (C=O) groups is 2. The number of carboxylic acid groups (broad SMARTS) is 1. The van der Waals surface area contributed by atoms with Gasteiger partial charge in [0.1, 0.15) is 5.00 Å². The van der Waals surface area contributed by atoms with Crippen molar-refractivity contribution in [3.63, 3.8) is 0 Å². The fourth-order valence-electron chi connectivity index (χ4n) is 2.50. The molecule has 0 aromatic carbocycles. The van der Waals surface area contributed by atoms with Gasteiger partial charge >= 0.3 is 12.0 Å². The molecule has 2 N–H and O–H groups in total. The molecule has 1 aliphatic heterocycles. The number of aromatic nitrogens is 1. The molecule has 1 fully saturated rings. The second-order valence-electron chi connectivity index (χ2n) is 5.19. The minimum atomic E-state index is -0.832. The van der Waals surface area contributed by atoms with Crippen LogP contribution in [0.25, 0.3) is 0 Å². The summed E-state index contributed by atoms with van der Waals surface area (Å²) in [7, 11) is 0. The maximum atomic E-state index is 12.2. The van der Waals surface area contributed by atoms with Crippen molar-refractivity contribution in [3.8, 4) is 0 Å². The summed E-state index contributed by atoms with van der Waals surface area (Å²) in [5, 5.41) is 12.7. The Bertz CT molecular complexity index is 503. The first-order chi connectivity index (χ1) is 9.51. The maximum Gasteiger partial charge on any atom is 0.322 e. The van der Waals surface area contributed by atoms with Crippen LogP contribution in [0.15, 0.2) is 5.51 Å². The van der Waals surface area contributed by atoms with E-state index in [0.717, 1.165) is 17.1 Å². The Morgan fingerprint density at radius 3 is 2.95 bits per heavy atom. The molecule has 0 bridgehead atoms. The molecule has 0 radical (unpaired) electrons. The van der Waals surface area contributed by atoms with Gasteiger partial charge in [0.25, 0.3) is 0 Å².